The van der Waals surface area contributed by atoms with Crippen LogP contribution in [0.2, 0.25) is 0 Å². The number of aromatic nitrogens is 2. The molecule has 4 aromatic rings. The first-order chi connectivity index (χ1) is 16.4. The molecule has 1 fully saturated rings. The predicted octanol–water partition coefficient (Wildman–Crippen LogP) is 3.98. The second kappa shape index (κ2) is 9.11. The molecule has 1 aliphatic rings. The van der Waals surface area contributed by atoms with Gasteiger partial charge in [0.25, 0.3) is 11.5 Å². The fraction of sp³-hybridized carbons (Fsp3) is 0.357. The van der Waals surface area contributed by atoms with E-state index < -0.39 is 0 Å². The number of para-hydroxylation sites is 1. The maximum absolute atomic E-state index is 13.3. The Bertz CT molecular complexity index is 1420. The number of piperidine rings is 1. The fourth-order valence-electron chi connectivity index (χ4n) is 5.32. The molecule has 0 radical (unpaired) electrons. The molecule has 0 saturated carbocycles. The summed E-state index contributed by atoms with van der Waals surface area (Å²) in [6.45, 7) is 5.86. The van der Waals surface area contributed by atoms with Gasteiger partial charge in [-0.1, -0.05) is 48.0 Å². The number of amides is 1. The Morgan fingerprint density at radius 2 is 1.82 bits per heavy atom. The summed E-state index contributed by atoms with van der Waals surface area (Å²) in [5.41, 5.74) is 4.66. The summed E-state index contributed by atoms with van der Waals surface area (Å²) < 4.78 is 3.41. The van der Waals surface area contributed by atoms with Crippen molar-refractivity contribution in [3.8, 4) is 0 Å². The topological polar surface area (TPSA) is 59.3 Å². The quantitative estimate of drug-likeness (QED) is 0.494. The third kappa shape index (κ3) is 4.14. The number of hydrogen-bond donors (Lipinski definition) is 1. The van der Waals surface area contributed by atoms with Gasteiger partial charge in [-0.15, -0.1) is 0 Å². The highest BCUT2D eigenvalue weighted by atomic mass is 16.2. The number of nitrogens with zero attached hydrogens (tertiary/aromatic N) is 3. The lowest BCUT2D eigenvalue weighted by molar-refractivity contribution is 0.0936. The zero-order valence-electron chi connectivity index (χ0n) is 20.2. The fourth-order valence-corrected chi connectivity index (χ4v) is 5.32. The van der Waals surface area contributed by atoms with Gasteiger partial charge < -0.3 is 14.5 Å². The van der Waals surface area contributed by atoms with E-state index in [-0.39, 0.29) is 11.5 Å². The Balaban J connectivity index is 1.28. The van der Waals surface area contributed by atoms with Gasteiger partial charge in [-0.05, 0) is 50.4 Å². The lowest BCUT2D eigenvalue weighted by atomic mass is 9.96. The summed E-state index contributed by atoms with van der Waals surface area (Å²) >= 11 is 0. The van der Waals surface area contributed by atoms with Gasteiger partial charge >= 0.3 is 0 Å². The summed E-state index contributed by atoms with van der Waals surface area (Å²) in [7, 11) is 3.60. The second-order valence-corrected chi connectivity index (χ2v) is 9.68. The number of carbonyl (C=O) groups excluding carboxylic acids is 1. The number of likely N-dealkylation sites (tertiary alicyclic amines) is 1. The average molecular weight is 457 g/mol. The smallest absolute Gasteiger partial charge is 0.274 e. The van der Waals surface area contributed by atoms with Gasteiger partial charge in [0.05, 0.1) is 5.56 Å². The number of fused-ring (bicyclic) bond motifs is 3. The van der Waals surface area contributed by atoms with Crippen LogP contribution < -0.4 is 10.9 Å². The van der Waals surface area contributed by atoms with Crippen LogP contribution >= 0.6 is 0 Å². The molecule has 6 heteroatoms. The summed E-state index contributed by atoms with van der Waals surface area (Å²) in [6.07, 6.45) is 3.82. The molecule has 0 aliphatic carbocycles. The van der Waals surface area contributed by atoms with E-state index in [1.807, 2.05) is 35.9 Å². The van der Waals surface area contributed by atoms with Crippen LogP contribution in [0, 0.1) is 12.8 Å². The zero-order chi connectivity index (χ0) is 23.8. The molecule has 6 nitrogen and oxygen atoms in total. The molecule has 1 N–H and O–H groups in total. The van der Waals surface area contributed by atoms with Crippen LogP contribution in [0.25, 0.3) is 21.8 Å². The third-order valence-corrected chi connectivity index (χ3v) is 7.21. The van der Waals surface area contributed by atoms with E-state index in [4.69, 9.17) is 0 Å². The summed E-state index contributed by atoms with van der Waals surface area (Å²) in [6, 6.07) is 16.6. The van der Waals surface area contributed by atoms with Gasteiger partial charge in [-0.25, -0.2) is 0 Å². The molecular formula is C28H32N4O2. The minimum absolute atomic E-state index is 0.0915. The first-order valence-corrected chi connectivity index (χ1v) is 12.0. The lowest BCUT2D eigenvalue weighted by Gasteiger charge is -2.32. The van der Waals surface area contributed by atoms with Crippen LogP contribution in [0.1, 0.15) is 34.3 Å². The van der Waals surface area contributed by atoms with Crippen molar-refractivity contribution in [2.24, 2.45) is 20.0 Å². The van der Waals surface area contributed by atoms with Crippen LogP contribution in [0.3, 0.4) is 0 Å². The van der Waals surface area contributed by atoms with E-state index in [2.05, 4.69) is 41.4 Å². The number of pyridine rings is 1. The molecule has 0 bridgehead atoms. The average Bonchev–Trinajstić information content (AvgIpc) is 3.14. The number of hydrogen-bond acceptors (Lipinski definition) is 3. The monoisotopic (exact) mass is 456 g/mol. The minimum Gasteiger partial charge on any atom is -0.352 e. The number of benzene rings is 2. The highest BCUT2D eigenvalue weighted by Gasteiger charge is 2.23. The van der Waals surface area contributed by atoms with Gasteiger partial charge in [0.1, 0.15) is 5.52 Å². The number of aryl methyl sites for hydroxylation is 3. The molecule has 0 unspecified atom stereocenters. The summed E-state index contributed by atoms with van der Waals surface area (Å²) in [5, 5.41) is 4.85. The van der Waals surface area contributed by atoms with Crippen LogP contribution in [0.5, 0.6) is 0 Å². The van der Waals surface area contributed by atoms with Crippen molar-refractivity contribution in [2.45, 2.75) is 26.3 Å². The van der Waals surface area contributed by atoms with Crippen molar-refractivity contribution in [3.63, 3.8) is 0 Å². The molecule has 34 heavy (non-hydrogen) atoms. The Hall–Kier alpha value is -3.38. The first kappa shape index (κ1) is 22.4. The summed E-state index contributed by atoms with van der Waals surface area (Å²) in [4.78, 5) is 28.7. The van der Waals surface area contributed by atoms with E-state index >= 15 is 0 Å². The largest absolute Gasteiger partial charge is 0.352 e. The number of carbonyl (C=O) groups is 1. The molecule has 1 saturated heterocycles. The van der Waals surface area contributed by atoms with Crippen molar-refractivity contribution in [2.75, 3.05) is 19.6 Å². The van der Waals surface area contributed by atoms with Crippen molar-refractivity contribution >= 4 is 27.7 Å². The van der Waals surface area contributed by atoms with Crippen molar-refractivity contribution in [1.82, 2.24) is 19.4 Å². The molecule has 1 aliphatic heterocycles. The minimum atomic E-state index is -0.112. The normalized spacial score (nSPS) is 15.3. The zero-order valence-corrected chi connectivity index (χ0v) is 20.2. The highest BCUT2D eigenvalue weighted by Crippen LogP contribution is 2.29. The highest BCUT2D eigenvalue weighted by molar-refractivity contribution is 6.17. The molecule has 3 heterocycles. The van der Waals surface area contributed by atoms with E-state index in [1.165, 1.54) is 15.7 Å². The molecule has 176 valence electrons. The van der Waals surface area contributed by atoms with Crippen LogP contribution in [0.15, 0.2) is 59.5 Å². The molecule has 0 spiro atoms. The van der Waals surface area contributed by atoms with Gasteiger partial charge in [-0.3, -0.25) is 14.5 Å². The van der Waals surface area contributed by atoms with Gasteiger partial charge in [0.2, 0.25) is 0 Å². The number of nitrogens with one attached hydrogen (secondary N) is 1. The van der Waals surface area contributed by atoms with Gasteiger partial charge in [0, 0.05) is 49.7 Å². The predicted molar refractivity (Wildman–Crippen MR) is 137 cm³/mol. The Morgan fingerprint density at radius 1 is 1.06 bits per heavy atom. The maximum Gasteiger partial charge on any atom is 0.274 e. The molecule has 2 aromatic heterocycles. The molecule has 1 amide bonds. The van der Waals surface area contributed by atoms with E-state index in [9.17, 15) is 9.59 Å². The Labute approximate surface area is 199 Å². The van der Waals surface area contributed by atoms with E-state index in [0.717, 1.165) is 48.8 Å². The van der Waals surface area contributed by atoms with Crippen LogP contribution in [0.4, 0.5) is 0 Å². The van der Waals surface area contributed by atoms with E-state index in [0.29, 0.717) is 23.5 Å². The molecule has 5 rings (SSSR count). The SMILES string of the molecule is Cc1cccc(CN2CCC(CNC(=O)c3cn(C)c(=O)c4c3c3ccccc3n4C)CC2)c1. The standard InChI is InChI=1S/C28H32N4O2/c1-19-7-6-8-21(15-19)17-32-13-11-20(12-14-32)16-29-27(33)23-18-30(2)28(34)26-25(23)22-9-4-5-10-24(22)31(26)3/h4-10,15,18,20H,11-14,16-17H2,1-3H3,(H,29,33). The van der Waals surface area contributed by atoms with Crippen LogP contribution in [-0.2, 0) is 20.6 Å². The van der Waals surface area contributed by atoms with Gasteiger partial charge in [-0.2, -0.15) is 0 Å². The second-order valence-electron chi connectivity index (χ2n) is 9.68. The Morgan fingerprint density at radius 3 is 2.59 bits per heavy atom. The molecule has 0 atom stereocenters. The van der Waals surface area contributed by atoms with Gasteiger partial charge in [0.15, 0.2) is 0 Å². The lowest BCUT2D eigenvalue weighted by Crippen LogP contribution is -2.38. The van der Waals surface area contributed by atoms with E-state index in [1.54, 1.807) is 13.2 Å². The third-order valence-electron chi connectivity index (χ3n) is 7.21. The first-order valence-electron chi connectivity index (χ1n) is 12.0. The molecular weight excluding hydrogens is 424 g/mol. The number of rotatable bonds is 5. The molecule has 2 aromatic carbocycles. The summed E-state index contributed by atoms with van der Waals surface area (Å²) in [5.74, 6) is 0.354. The van der Waals surface area contributed by atoms with Crippen molar-refractivity contribution in [1.29, 1.82) is 0 Å². The van der Waals surface area contributed by atoms with Crippen LogP contribution in [-0.4, -0.2) is 39.6 Å². The van der Waals surface area contributed by atoms with Crippen molar-refractivity contribution in [3.05, 3.63) is 81.8 Å². The van der Waals surface area contributed by atoms with Crippen molar-refractivity contribution < 1.29 is 4.79 Å². The maximum atomic E-state index is 13.3. The Kier molecular flexibility index (Phi) is 6.00.